The summed E-state index contributed by atoms with van der Waals surface area (Å²) in [5.41, 5.74) is 0.418. The van der Waals surface area contributed by atoms with Gasteiger partial charge in [-0.25, -0.2) is 4.79 Å². The SMILES string of the molecule is COCCCOc1cc2c(cc1Cl)-c1c(cc(C(=O)O)c(=O)n1C1CC1)C(C)(C)O2. The van der Waals surface area contributed by atoms with Crippen molar-refractivity contribution in [1.29, 1.82) is 0 Å². The number of methoxy groups -OCH3 is 1. The van der Waals surface area contributed by atoms with Crippen LogP contribution in [0.15, 0.2) is 23.0 Å². The Morgan fingerprint density at radius 3 is 2.67 bits per heavy atom. The van der Waals surface area contributed by atoms with Gasteiger partial charge in [-0.05, 0) is 38.8 Å². The van der Waals surface area contributed by atoms with E-state index in [1.807, 2.05) is 13.8 Å². The molecule has 1 aromatic heterocycles. The second kappa shape index (κ2) is 7.63. The molecule has 4 rings (SSSR count). The van der Waals surface area contributed by atoms with E-state index in [9.17, 15) is 14.7 Å². The van der Waals surface area contributed by atoms with Crippen LogP contribution in [-0.4, -0.2) is 36.0 Å². The minimum Gasteiger partial charge on any atom is -0.492 e. The molecule has 1 N–H and O–H groups in total. The molecule has 0 amide bonds. The van der Waals surface area contributed by atoms with Gasteiger partial charge in [0.05, 0.1) is 17.3 Å². The number of pyridine rings is 1. The van der Waals surface area contributed by atoms with Crippen LogP contribution in [-0.2, 0) is 10.3 Å². The molecule has 2 heterocycles. The molecule has 0 bridgehead atoms. The van der Waals surface area contributed by atoms with Crippen molar-refractivity contribution in [2.24, 2.45) is 0 Å². The summed E-state index contributed by atoms with van der Waals surface area (Å²) in [7, 11) is 1.63. The second-order valence-electron chi connectivity index (χ2n) is 8.12. The quantitative estimate of drug-likeness (QED) is 0.657. The normalized spacial score (nSPS) is 16.4. The number of hydrogen-bond donors (Lipinski definition) is 1. The zero-order valence-corrected chi connectivity index (χ0v) is 17.9. The van der Waals surface area contributed by atoms with Gasteiger partial charge < -0.3 is 23.9 Å². The van der Waals surface area contributed by atoms with E-state index >= 15 is 0 Å². The van der Waals surface area contributed by atoms with Crippen LogP contribution in [0.4, 0.5) is 0 Å². The van der Waals surface area contributed by atoms with Crippen molar-refractivity contribution in [3.8, 4) is 22.8 Å². The lowest BCUT2D eigenvalue weighted by Crippen LogP contribution is -2.36. The van der Waals surface area contributed by atoms with E-state index in [2.05, 4.69) is 0 Å². The number of carboxylic acid groups (broad SMARTS) is 1. The van der Waals surface area contributed by atoms with E-state index in [-0.39, 0.29) is 11.6 Å². The fourth-order valence-electron chi connectivity index (χ4n) is 3.83. The smallest absolute Gasteiger partial charge is 0.341 e. The summed E-state index contributed by atoms with van der Waals surface area (Å²) < 4.78 is 18.7. The van der Waals surface area contributed by atoms with Crippen molar-refractivity contribution in [3.63, 3.8) is 0 Å². The zero-order valence-electron chi connectivity index (χ0n) is 17.2. The summed E-state index contributed by atoms with van der Waals surface area (Å²) in [4.78, 5) is 24.7. The van der Waals surface area contributed by atoms with Gasteiger partial charge in [0.1, 0.15) is 22.7 Å². The van der Waals surface area contributed by atoms with E-state index in [4.69, 9.17) is 25.8 Å². The molecule has 0 radical (unpaired) electrons. The van der Waals surface area contributed by atoms with Crippen molar-refractivity contribution >= 4 is 17.6 Å². The standard InChI is InChI=1S/C22H24ClNO6/c1-22(2)15-9-14(21(26)27)20(25)24(12-5-6-12)19(15)13-10-16(23)18(11-17(13)30-22)29-8-4-7-28-3/h9-12H,4-8H2,1-3H3,(H,26,27). The van der Waals surface area contributed by atoms with Gasteiger partial charge in [-0.3, -0.25) is 4.79 Å². The van der Waals surface area contributed by atoms with Crippen molar-refractivity contribution in [3.05, 3.63) is 44.7 Å². The van der Waals surface area contributed by atoms with E-state index < -0.39 is 17.1 Å². The lowest BCUT2D eigenvalue weighted by atomic mass is 9.88. The van der Waals surface area contributed by atoms with Crippen LogP contribution in [0, 0.1) is 0 Å². The Morgan fingerprint density at radius 2 is 2.03 bits per heavy atom. The van der Waals surface area contributed by atoms with E-state index in [0.717, 1.165) is 19.3 Å². The maximum atomic E-state index is 13.0. The third-order valence-electron chi connectivity index (χ3n) is 5.43. The molecule has 0 saturated heterocycles. The highest BCUT2D eigenvalue weighted by molar-refractivity contribution is 6.32. The Kier molecular flexibility index (Phi) is 5.28. The number of benzene rings is 1. The lowest BCUT2D eigenvalue weighted by molar-refractivity contribution is 0.0692. The predicted molar refractivity (Wildman–Crippen MR) is 112 cm³/mol. The molecular formula is C22H24ClNO6. The average Bonchev–Trinajstić information content (AvgIpc) is 3.50. The number of aromatic nitrogens is 1. The van der Waals surface area contributed by atoms with Crippen LogP contribution in [0.2, 0.25) is 5.02 Å². The lowest BCUT2D eigenvalue weighted by Gasteiger charge is -2.36. The summed E-state index contributed by atoms with van der Waals surface area (Å²) in [6, 6.07) is 4.89. The van der Waals surface area contributed by atoms with Gasteiger partial charge in [-0.1, -0.05) is 11.6 Å². The number of rotatable bonds is 7. The van der Waals surface area contributed by atoms with Gasteiger partial charge in [0.2, 0.25) is 0 Å². The molecule has 2 aliphatic rings. The number of fused-ring (bicyclic) bond motifs is 3. The highest BCUT2D eigenvalue weighted by Crippen LogP contribution is 2.50. The molecule has 0 unspecified atom stereocenters. The molecule has 0 spiro atoms. The van der Waals surface area contributed by atoms with Gasteiger partial charge in [0.25, 0.3) is 5.56 Å². The highest BCUT2D eigenvalue weighted by Gasteiger charge is 2.40. The fraction of sp³-hybridized carbons (Fsp3) is 0.455. The predicted octanol–water partition coefficient (Wildman–Crippen LogP) is 4.24. The summed E-state index contributed by atoms with van der Waals surface area (Å²) in [5, 5.41) is 9.96. The minimum atomic E-state index is -1.24. The van der Waals surface area contributed by atoms with Crippen LogP contribution in [0.5, 0.6) is 11.5 Å². The monoisotopic (exact) mass is 433 g/mol. The van der Waals surface area contributed by atoms with Gasteiger partial charge in [0, 0.05) is 43.4 Å². The number of halogens is 1. The van der Waals surface area contributed by atoms with Crippen LogP contribution in [0.25, 0.3) is 11.3 Å². The zero-order chi connectivity index (χ0) is 21.6. The third-order valence-corrected chi connectivity index (χ3v) is 5.73. The van der Waals surface area contributed by atoms with Gasteiger partial charge in [0.15, 0.2) is 0 Å². The first-order valence-corrected chi connectivity index (χ1v) is 10.3. The number of hydrogen-bond acceptors (Lipinski definition) is 5. The number of carbonyl (C=O) groups is 1. The largest absolute Gasteiger partial charge is 0.492 e. The van der Waals surface area contributed by atoms with Crippen LogP contribution in [0.1, 0.15) is 55.1 Å². The summed E-state index contributed by atoms with van der Waals surface area (Å²) >= 11 is 6.49. The molecule has 1 aromatic carbocycles. The molecule has 1 fully saturated rings. The van der Waals surface area contributed by atoms with Gasteiger partial charge in [-0.15, -0.1) is 0 Å². The first-order chi connectivity index (χ1) is 14.2. The van der Waals surface area contributed by atoms with Gasteiger partial charge >= 0.3 is 5.97 Å². The van der Waals surface area contributed by atoms with E-state index in [1.54, 1.807) is 23.8 Å². The van der Waals surface area contributed by atoms with Crippen LogP contribution in [0.3, 0.4) is 0 Å². The van der Waals surface area contributed by atoms with Crippen LogP contribution < -0.4 is 15.0 Å². The van der Waals surface area contributed by atoms with E-state index in [0.29, 0.717) is 46.6 Å². The summed E-state index contributed by atoms with van der Waals surface area (Å²) in [6.07, 6.45) is 2.39. The number of carboxylic acids is 1. The first kappa shape index (κ1) is 20.8. The third kappa shape index (κ3) is 3.56. The Morgan fingerprint density at radius 1 is 1.30 bits per heavy atom. The number of nitrogens with zero attached hydrogens (tertiary/aromatic N) is 1. The first-order valence-electron chi connectivity index (χ1n) is 9.92. The topological polar surface area (TPSA) is 87.0 Å². The minimum absolute atomic E-state index is 0.0176. The Hall–Kier alpha value is -2.51. The molecule has 160 valence electrons. The maximum Gasteiger partial charge on any atom is 0.341 e. The second-order valence-corrected chi connectivity index (χ2v) is 8.52. The Balaban J connectivity index is 1.88. The molecule has 1 saturated carbocycles. The molecule has 0 atom stereocenters. The molecule has 1 aliphatic carbocycles. The molecular weight excluding hydrogens is 410 g/mol. The van der Waals surface area contributed by atoms with Crippen LogP contribution >= 0.6 is 11.6 Å². The Bertz CT molecular complexity index is 1070. The van der Waals surface area contributed by atoms with Crippen molar-refractivity contribution in [2.45, 2.75) is 44.8 Å². The highest BCUT2D eigenvalue weighted by atomic mass is 35.5. The fourth-order valence-corrected chi connectivity index (χ4v) is 4.05. The number of aromatic carboxylic acids is 1. The molecule has 30 heavy (non-hydrogen) atoms. The summed E-state index contributed by atoms with van der Waals surface area (Å²) in [5.74, 6) is -0.194. The average molecular weight is 434 g/mol. The molecule has 8 heteroatoms. The Labute approximate surface area is 179 Å². The van der Waals surface area contributed by atoms with E-state index in [1.165, 1.54) is 6.07 Å². The summed E-state index contributed by atoms with van der Waals surface area (Å²) in [6.45, 7) is 4.74. The molecule has 7 nitrogen and oxygen atoms in total. The van der Waals surface area contributed by atoms with Crippen molar-refractivity contribution in [2.75, 3.05) is 20.3 Å². The molecule has 1 aliphatic heterocycles. The maximum absolute atomic E-state index is 13.0. The molecule has 2 aromatic rings. The van der Waals surface area contributed by atoms with Crippen molar-refractivity contribution < 1.29 is 24.1 Å². The van der Waals surface area contributed by atoms with Crippen molar-refractivity contribution in [1.82, 2.24) is 4.57 Å². The number of ether oxygens (including phenoxy) is 3. The van der Waals surface area contributed by atoms with Gasteiger partial charge in [-0.2, -0.15) is 0 Å².